The number of carboxylic acid groups (broad SMARTS) is 2. The summed E-state index contributed by atoms with van der Waals surface area (Å²) in [6.07, 6.45) is -0.506. The molecule has 0 heterocycles. The van der Waals surface area contributed by atoms with Gasteiger partial charge in [-0.3, -0.25) is 9.59 Å². The van der Waals surface area contributed by atoms with E-state index < -0.39 is 30.3 Å². The van der Waals surface area contributed by atoms with Gasteiger partial charge >= 0.3 is 11.9 Å². The van der Waals surface area contributed by atoms with Crippen LogP contribution in [0.25, 0.3) is 0 Å². The lowest BCUT2D eigenvalue weighted by atomic mass is 10.2. The third-order valence-electron chi connectivity index (χ3n) is 2.63. The molecule has 1 aromatic rings. The van der Waals surface area contributed by atoms with E-state index in [0.717, 1.165) is 10.5 Å². The van der Waals surface area contributed by atoms with Gasteiger partial charge < -0.3 is 15.5 Å². The van der Waals surface area contributed by atoms with E-state index in [1.54, 1.807) is 0 Å². The fourth-order valence-corrected chi connectivity index (χ4v) is 2.39. The maximum atomic E-state index is 11.6. The second-order valence-electron chi connectivity index (χ2n) is 4.47. The van der Waals surface area contributed by atoms with Crippen LogP contribution in [0.5, 0.6) is 0 Å². The minimum atomic E-state index is -1.39. The molecule has 3 N–H and O–H groups in total. The second kappa shape index (κ2) is 8.31. The highest BCUT2D eigenvalue weighted by Gasteiger charge is 2.22. The average molecular weight is 311 g/mol. The Balaban J connectivity index is 2.37. The number of nitrogens with one attached hydrogen (secondary N) is 1. The van der Waals surface area contributed by atoms with Crippen LogP contribution in [-0.2, 0) is 14.4 Å². The van der Waals surface area contributed by atoms with Crippen molar-refractivity contribution < 1.29 is 24.6 Å². The van der Waals surface area contributed by atoms with E-state index in [0.29, 0.717) is 5.75 Å². The molecule has 114 valence electrons. The largest absolute Gasteiger partial charge is 0.481 e. The van der Waals surface area contributed by atoms with E-state index in [1.807, 2.05) is 31.2 Å². The standard InChI is InChI=1S/C14H17NO5S/c1-9-2-4-10(5-3-9)21-7-6-12(16)15-11(14(19)20)8-13(17)18/h2-5,11H,6-8H2,1H3,(H,15,16)(H,17,18)(H,19,20)/t11-/m1/s1. The molecule has 0 saturated heterocycles. The zero-order chi connectivity index (χ0) is 15.8. The number of amides is 1. The molecule has 0 aliphatic heterocycles. The average Bonchev–Trinajstić information content (AvgIpc) is 2.39. The molecule has 0 aliphatic rings. The molecule has 7 heteroatoms. The van der Waals surface area contributed by atoms with Gasteiger partial charge in [-0.25, -0.2) is 4.79 Å². The van der Waals surface area contributed by atoms with Gasteiger partial charge in [0.15, 0.2) is 0 Å². The fourth-order valence-electron chi connectivity index (χ4n) is 1.54. The molecule has 21 heavy (non-hydrogen) atoms. The number of benzene rings is 1. The van der Waals surface area contributed by atoms with Crippen molar-refractivity contribution in [3.8, 4) is 0 Å². The Labute approximate surface area is 126 Å². The van der Waals surface area contributed by atoms with Gasteiger partial charge in [0.25, 0.3) is 0 Å². The van der Waals surface area contributed by atoms with E-state index in [-0.39, 0.29) is 6.42 Å². The summed E-state index contributed by atoms with van der Waals surface area (Å²) in [6, 6.07) is 6.44. The number of carboxylic acids is 2. The van der Waals surface area contributed by atoms with Crippen molar-refractivity contribution in [1.82, 2.24) is 5.32 Å². The predicted molar refractivity (Wildman–Crippen MR) is 78.3 cm³/mol. The highest BCUT2D eigenvalue weighted by Crippen LogP contribution is 2.18. The fraction of sp³-hybridized carbons (Fsp3) is 0.357. The van der Waals surface area contributed by atoms with Gasteiger partial charge in [-0.1, -0.05) is 17.7 Å². The number of aliphatic carboxylic acids is 2. The van der Waals surface area contributed by atoms with Crippen LogP contribution in [0.15, 0.2) is 29.2 Å². The van der Waals surface area contributed by atoms with Crippen LogP contribution in [0.1, 0.15) is 18.4 Å². The minimum absolute atomic E-state index is 0.127. The molecule has 1 rings (SSSR count). The molecule has 0 bridgehead atoms. The Morgan fingerprint density at radius 1 is 1.19 bits per heavy atom. The molecule has 0 aromatic heterocycles. The first kappa shape index (κ1) is 17.0. The van der Waals surface area contributed by atoms with Crippen LogP contribution in [-0.4, -0.2) is 39.9 Å². The first-order valence-electron chi connectivity index (χ1n) is 6.32. The van der Waals surface area contributed by atoms with Crippen molar-refractivity contribution in [2.45, 2.75) is 30.7 Å². The van der Waals surface area contributed by atoms with Crippen LogP contribution < -0.4 is 5.32 Å². The first-order chi connectivity index (χ1) is 9.88. The monoisotopic (exact) mass is 311 g/mol. The van der Waals surface area contributed by atoms with Gasteiger partial charge in [0.05, 0.1) is 6.42 Å². The van der Waals surface area contributed by atoms with Crippen molar-refractivity contribution in [3.63, 3.8) is 0 Å². The van der Waals surface area contributed by atoms with E-state index in [2.05, 4.69) is 5.32 Å². The predicted octanol–water partition coefficient (Wildman–Crippen LogP) is 1.52. The maximum Gasteiger partial charge on any atom is 0.326 e. The number of thioether (sulfide) groups is 1. The lowest BCUT2D eigenvalue weighted by molar-refractivity contribution is -0.147. The molecular formula is C14H17NO5S. The zero-order valence-corrected chi connectivity index (χ0v) is 12.4. The van der Waals surface area contributed by atoms with E-state index in [4.69, 9.17) is 10.2 Å². The smallest absolute Gasteiger partial charge is 0.326 e. The van der Waals surface area contributed by atoms with Crippen molar-refractivity contribution in [1.29, 1.82) is 0 Å². The molecule has 0 spiro atoms. The molecule has 0 fully saturated rings. The molecule has 1 amide bonds. The SMILES string of the molecule is Cc1ccc(SCCC(=O)N[C@H](CC(=O)O)C(=O)O)cc1. The Hall–Kier alpha value is -2.02. The van der Waals surface area contributed by atoms with Gasteiger partial charge in [-0.2, -0.15) is 0 Å². The lowest BCUT2D eigenvalue weighted by Gasteiger charge is -2.12. The van der Waals surface area contributed by atoms with Crippen molar-refractivity contribution in [2.24, 2.45) is 0 Å². The zero-order valence-electron chi connectivity index (χ0n) is 11.5. The molecule has 1 atom stereocenters. The molecular weight excluding hydrogens is 294 g/mol. The first-order valence-corrected chi connectivity index (χ1v) is 7.30. The summed E-state index contributed by atoms with van der Waals surface area (Å²) in [5.41, 5.74) is 1.15. The third kappa shape index (κ3) is 6.80. The van der Waals surface area contributed by atoms with Gasteiger partial charge in [-0.15, -0.1) is 11.8 Å². The second-order valence-corrected chi connectivity index (χ2v) is 5.64. The molecule has 1 aromatic carbocycles. The third-order valence-corrected chi connectivity index (χ3v) is 3.64. The van der Waals surface area contributed by atoms with Gasteiger partial charge in [0.2, 0.25) is 5.91 Å². The van der Waals surface area contributed by atoms with Crippen LogP contribution >= 0.6 is 11.8 Å². The number of carbonyl (C=O) groups excluding carboxylic acids is 1. The number of aryl methyl sites for hydroxylation is 1. The topological polar surface area (TPSA) is 104 Å². The van der Waals surface area contributed by atoms with E-state index in [1.165, 1.54) is 11.8 Å². The van der Waals surface area contributed by atoms with Crippen LogP contribution in [0.3, 0.4) is 0 Å². The van der Waals surface area contributed by atoms with Crippen molar-refractivity contribution >= 4 is 29.6 Å². The van der Waals surface area contributed by atoms with E-state index >= 15 is 0 Å². The van der Waals surface area contributed by atoms with Gasteiger partial charge in [0.1, 0.15) is 6.04 Å². The molecule has 0 unspecified atom stereocenters. The molecule has 0 aliphatic carbocycles. The normalized spacial score (nSPS) is 11.7. The summed E-state index contributed by atoms with van der Waals surface area (Å²) in [5.74, 6) is -2.59. The number of hydrogen-bond acceptors (Lipinski definition) is 4. The molecule has 6 nitrogen and oxygen atoms in total. The van der Waals surface area contributed by atoms with Crippen molar-refractivity contribution in [2.75, 3.05) is 5.75 Å². The highest BCUT2D eigenvalue weighted by molar-refractivity contribution is 7.99. The minimum Gasteiger partial charge on any atom is -0.481 e. The lowest BCUT2D eigenvalue weighted by Crippen LogP contribution is -2.42. The Morgan fingerprint density at radius 3 is 2.33 bits per heavy atom. The van der Waals surface area contributed by atoms with Crippen LogP contribution in [0, 0.1) is 6.92 Å². The maximum absolute atomic E-state index is 11.6. The van der Waals surface area contributed by atoms with E-state index in [9.17, 15) is 14.4 Å². The Kier molecular flexibility index (Phi) is 6.74. The molecule has 0 saturated carbocycles. The van der Waals surface area contributed by atoms with Gasteiger partial charge in [0, 0.05) is 17.1 Å². The van der Waals surface area contributed by atoms with Crippen LogP contribution in [0.2, 0.25) is 0 Å². The summed E-state index contributed by atoms with van der Waals surface area (Å²) >= 11 is 1.48. The Bertz CT molecular complexity index is 515. The number of rotatable bonds is 8. The summed E-state index contributed by atoms with van der Waals surface area (Å²) < 4.78 is 0. The summed E-state index contributed by atoms with van der Waals surface area (Å²) in [7, 11) is 0. The quantitative estimate of drug-likeness (QED) is 0.629. The summed E-state index contributed by atoms with van der Waals surface area (Å²) in [5, 5.41) is 19.6. The number of carbonyl (C=O) groups is 3. The van der Waals surface area contributed by atoms with Crippen LogP contribution in [0.4, 0.5) is 0 Å². The number of hydrogen-bond donors (Lipinski definition) is 3. The summed E-state index contributed by atoms with van der Waals surface area (Å²) in [6.45, 7) is 1.98. The highest BCUT2D eigenvalue weighted by atomic mass is 32.2. The van der Waals surface area contributed by atoms with Crippen molar-refractivity contribution in [3.05, 3.63) is 29.8 Å². The Morgan fingerprint density at radius 2 is 1.81 bits per heavy atom. The van der Waals surface area contributed by atoms with Gasteiger partial charge in [-0.05, 0) is 19.1 Å². The molecule has 0 radical (unpaired) electrons. The summed E-state index contributed by atoms with van der Waals surface area (Å²) in [4.78, 5) is 33.9.